The van der Waals surface area contributed by atoms with Gasteiger partial charge in [-0.1, -0.05) is 45.0 Å². The minimum absolute atomic E-state index is 0.00894. The van der Waals surface area contributed by atoms with E-state index >= 15 is 0 Å². The molecular weight excluding hydrogens is 355 g/mol. The van der Waals surface area contributed by atoms with Gasteiger partial charge in [-0.25, -0.2) is 4.39 Å². The molecule has 5 heteroatoms. The van der Waals surface area contributed by atoms with Crippen LogP contribution in [0.1, 0.15) is 38.3 Å². The molecule has 0 spiro atoms. The predicted molar refractivity (Wildman–Crippen MR) is 109 cm³/mol. The van der Waals surface area contributed by atoms with Crippen LogP contribution >= 0.6 is 0 Å². The lowest BCUT2D eigenvalue weighted by atomic mass is 9.87. The van der Waals surface area contributed by atoms with Gasteiger partial charge in [0.15, 0.2) is 0 Å². The third-order valence-corrected chi connectivity index (χ3v) is 5.19. The van der Waals surface area contributed by atoms with E-state index in [1.54, 1.807) is 17.0 Å². The van der Waals surface area contributed by atoms with Gasteiger partial charge in [0, 0.05) is 25.2 Å². The van der Waals surface area contributed by atoms with Gasteiger partial charge < -0.3 is 10.2 Å². The highest BCUT2D eigenvalue weighted by molar-refractivity contribution is 5.97. The van der Waals surface area contributed by atoms with Crippen LogP contribution in [-0.2, 0) is 21.4 Å². The Kier molecular flexibility index (Phi) is 5.82. The topological polar surface area (TPSA) is 49.4 Å². The summed E-state index contributed by atoms with van der Waals surface area (Å²) in [6.45, 7) is 7.39. The van der Waals surface area contributed by atoms with E-state index < -0.39 is 0 Å². The molecule has 148 valence electrons. The van der Waals surface area contributed by atoms with Crippen molar-refractivity contribution >= 4 is 17.5 Å². The van der Waals surface area contributed by atoms with E-state index in [2.05, 4.69) is 26.1 Å². The summed E-state index contributed by atoms with van der Waals surface area (Å²) in [5.41, 5.74) is 2.98. The van der Waals surface area contributed by atoms with E-state index in [-0.39, 0.29) is 35.4 Å². The van der Waals surface area contributed by atoms with E-state index in [9.17, 15) is 14.0 Å². The second kappa shape index (κ2) is 8.13. The van der Waals surface area contributed by atoms with Gasteiger partial charge in [-0.05, 0) is 47.2 Å². The van der Waals surface area contributed by atoms with Crippen molar-refractivity contribution in [3.05, 3.63) is 65.5 Å². The van der Waals surface area contributed by atoms with Crippen LogP contribution < -0.4 is 5.32 Å². The maximum absolute atomic E-state index is 13.0. The van der Waals surface area contributed by atoms with Crippen molar-refractivity contribution < 1.29 is 14.0 Å². The second-order valence-corrected chi connectivity index (χ2v) is 8.43. The Hall–Kier alpha value is -2.69. The largest absolute Gasteiger partial charge is 0.342 e. The van der Waals surface area contributed by atoms with Crippen LogP contribution in [0.4, 0.5) is 10.1 Å². The van der Waals surface area contributed by atoms with Crippen LogP contribution in [-0.4, -0.2) is 29.8 Å². The van der Waals surface area contributed by atoms with E-state index in [0.29, 0.717) is 19.5 Å². The first-order valence-electron chi connectivity index (χ1n) is 9.66. The predicted octanol–water partition coefficient (Wildman–Crippen LogP) is 4.15. The molecule has 1 N–H and O–H groups in total. The lowest BCUT2D eigenvalue weighted by Crippen LogP contribution is -2.30. The number of carbonyl (C=O) groups is 2. The summed E-state index contributed by atoms with van der Waals surface area (Å²) in [6, 6.07) is 14.1. The minimum Gasteiger partial charge on any atom is -0.342 e. The molecule has 1 heterocycles. The Morgan fingerprint density at radius 3 is 2.36 bits per heavy atom. The van der Waals surface area contributed by atoms with Crippen LogP contribution in [0, 0.1) is 11.7 Å². The van der Waals surface area contributed by atoms with E-state index in [4.69, 9.17) is 0 Å². The van der Waals surface area contributed by atoms with Crippen LogP contribution in [0.3, 0.4) is 0 Å². The molecule has 0 bridgehead atoms. The number of carbonyl (C=O) groups excluding carboxylic acids is 2. The Bertz CT molecular complexity index is 838. The van der Waals surface area contributed by atoms with Crippen molar-refractivity contribution in [2.75, 3.05) is 18.4 Å². The monoisotopic (exact) mass is 382 g/mol. The zero-order valence-corrected chi connectivity index (χ0v) is 16.7. The van der Waals surface area contributed by atoms with Gasteiger partial charge >= 0.3 is 0 Å². The minimum atomic E-state index is -0.344. The Balaban J connectivity index is 1.53. The first-order chi connectivity index (χ1) is 13.2. The summed E-state index contributed by atoms with van der Waals surface area (Å²) in [6.07, 6.45) is 0.879. The number of hydrogen-bond acceptors (Lipinski definition) is 2. The Labute approximate surface area is 165 Å². The normalized spacial score (nSPS) is 17.1. The average Bonchev–Trinajstić information content (AvgIpc) is 3.02. The van der Waals surface area contributed by atoms with Gasteiger partial charge in [-0.3, -0.25) is 9.59 Å². The third-order valence-electron chi connectivity index (χ3n) is 5.19. The molecule has 0 saturated carbocycles. The number of hydrogen-bond donors (Lipinski definition) is 1. The van der Waals surface area contributed by atoms with E-state index in [0.717, 1.165) is 11.3 Å². The van der Waals surface area contributed by atoms with Crippen molar-refractivity contribution in [3.8, 4) is 0 Å². The number of benzene rings is 2. The molecule has 1 unspecified atom stereocenters. The van der Waals surface area contributed by atoms with Crippen LogP contribution in [0.2, 0.25) is 0 Å². The number of rotatable bonds is 5. The van der Waals surface area contributed by atoms with Crippen LogP contribution in [0.25, 0.3) is 0 Å². The molecule has 2 aromatic carbocycles. The van der Waals surface area contributed by atoms with Gasteiger partial charge in [0.25, 0.3) is 0 Å². The van der Waals surface area contributed by atoms with E-state index in [1.807, 2.05) is 24.3 Å². The number of nitrogens with one attached hydrogen (secondary N) is 1. The van der Waals surface area contributed by atoms with Crippen molar-refractivity contribution in [3.63, 3.8) is 0 Å². The second-order valence-electron chi connectivity index (χ2n) is 8.43. The molecule has 28 heavy (non-hydrogen) atoms. The van der Waals surface area contributed by atoms with Crippen molar-refractivity contribution in [1.82, 2.24) is 4.90 Å². The zero-order valence-electron chi connectivity index (χ0n) is 16.7. The maximum atomic E-state index is 13.0. The summed E-state index contributed by atoms with van der Waals surface area (Å²) >= 11 is 0. The molecule has 2 amide bonds. The number of nitrogens with zero attached hydrogens (tertiary/aromatic N) is 1. The standard InChI is InChI=1S/C23H27FN2O2/c1-23(2,3)18-6-10-20(11-7-18)25-22(28)17-14-21(27)26(15-17)13-12-16-4-8-19(24)9-5-16/h4-11,17H,12-15H2,1-3H3,(H,25,28). The van der Waals surface area contributed by atoms with Crippen molar-refractivity contribution in [1.29, 1.82) is 0 Å². The number of halogens is 1. The molecular formula is C23H27FN2O2. The van der Waals surface area contributed by atoms with Crippen LogP contribution in [0.5, 0.6) is 0 Å². The van der Waals surface area contributed by atoms with Crippen molar-refractivity contribution in [2.45, 2.75) is 39.0 Å². The molecule has 4 nitrogen and oxygen atoms in total. The SMILES string of the molecule is CC(C)(C)c1ccc(NC(=O)C2CC(=O)N(CCc3ccc(F)cc3)C2)cc1. The molecule has 2 aromatic rings. The summed E-state index contributed by atoms with van der Waals surface area (Å²) in [4.78, 5) is 26.5. The smallest absolute Gasteiger partial charge is 0.229 e. The molecule has 0 aromatic heterocycles. The fourth-order valence-electron chi connectivity index (χ4n) is 3.38. The highest BCUT2D eigenvalue weighted by atomic mass is 19.1. The zero-order chi connectivity index (χ0) is 20.3. The van der Waals surface area contributed by atoms with E-state index in [1.165, 1.54) is 17.7 Å². The summed E-state index contributed by atoms with van der Waals surface area (Å²) in [5, 5.41) is 2.92. The lowest BCUT2D eigenvalue weighted by molar-refractivity contribution is -0.128. The number of likely N-dealkylation sites (tertiary alicyclic amines) is 1. The van der Waals surface area contributed by atoms with Crippen LogP contribution in [0.15, 0.2) is 48.5 Å². The third kappa shape index (κ3) is 4.97. The highest BCUT2D eigenvalue weighted by Crippen LogP contribution is 2.25. The molecule has 0 aliphatic carbocycles. The first-order valence-corrected chi connectivity index (χ1v) is 9.66. The molecule has 0 radical (unpaired) electrons. The van der Waals surface area contributed by atoms with Gasteiger partial charge in [-0.2, -0.15) is 0 Å². The van der Waals surface area contributed by atoms with Gasteiger partial charge in [0.05, 0.1) is 5.92 Å². The molecule has 1 fully saturated rings. The quantitative estimate of drug-likeness (QED) is 0.844. The Morgan fingerprint density at radius 1 is 1.11 bits per heavy atom. The summed E-state index contributed by atoms with van der Waals surface area (Å²) < 4.78 is 13.0. The fourth-order valence-corrected chi connectivity index (χ4v) is 3.38. The molecule has 1 saturated heterocycles. The van der Waals surface area contributed by atoms with Gasteiger partial charge in [0.1, 0.15) is 5.82 Å². The first kappa shape index (κ1) is 20.1. The summed E-state index contributed by atoms with van der Waals surface area (Å²) in [5.74, 6) is -0.747. The lowest BCUT2D eigenvalue weighted by Gasteiger charge is -2.19. The molecule has 1 aliphatic rings. The number of anilines is 1. The average molecular weight is 382 g/mol. The maximum Gasteiger partial charge on any atom is 0.229 e. The Morgan fingerprint density at radius 2 is 1.75 bits per heavy atom. The summed E-state index contributed by atoms with van der Waals surface area (Å²) in [7, 11) is 0. The van der Waals surface area contributed by atoms with Gasteiger partial charge in [0.2, 0.25) is 11.8 Å². The highest BCUT2D eigenvalue weighted by Gasteiger charge is 2.34. The molecule has 3 rings (SSSR count). The number of amides is 2. The fraction of sp³-hybridized carbons (Fsp3) is 0.391. The molecule has 1 aliphatic heterocycles. The molecule has 1 atom stereocenters. The van der Waals surface area contributed by atoms with Crippen molar-refractivity contribution in [2.24, 2.45) is 5.92 Å². The van der Waals surface area contributed by atoms with Gasteiger partial charge in [-0.15, -0.1) is 0 Å².